The van der Waals surface area contributed by atoms with Gasteiger partial charge >= 0.3 is 0 Å². The van der Waals surface area contributed by atoms with E-state index in [1.54, 1.807) is 30.0 Å². The highest BCUT2D eigenvalue weighted by molar-refractivity contribution is 6.42. The monoisotopic (exact) mass is 588 g/mol. The second-order valence-corrected chi connectivity index (χ2v) is 10.6. The lowest BCUT2D eigenvalue weighted by Gasteiger charge is -2.34. The number of nitrogens with one attached hydrogen (secondary N) is 2. The molecule has 214 valence electrons. The molecule has 2 fully saturated rings. The fraction of sp³-hybridized carbons (Fsp3) is 0.481. The van der Waals surface area contributed by atoms with Gasteiger partial charge in [-0.3, -0.25) is 24.8 Å². The second-order valence-electron chi connectivity index (χ2n) is 9.80. The Balaban J connectivity index is 1.29. The van der Waals surface area contributed by atoms with Gasteiger partial charge in [-0.1, -0.05) is 29.6 Å². The lowest BCUT2D eigenvalue weighted by Crippen LogP contribution is -2.50. The molecule has 11 nitrogen and oxygen atoms in total. The Morgan fingerprint density at radius 2 is 1.73 bits per heavy atom. The lowest BCUT2D eigenvalue weighted by molar-refractivity contribution is -0.132. The van der Waals surface area contributed by atoms with Crippen molar-refractivity contribution in [1.82, 2.24) is 30.5 Å². The van der Waals surface area contributed by atoms with E-state index in [0.29, 0.717) is 79.6 Å². The molecule has 13 heteroatoms. The number of nitrogens with zero attached hydrogens (tertiary/aromatic N) is 6. The Morgan fingerprint density at radius 3 is 2.45 bits per heavy atom. The van der Waals surface area contributed by atoms with Crippen LogP contribution in [-0.4, -0.2) is 82.6 Å². The summed E-state index contributed by atoms with van der Waals surface area (Å²) in [6.07, 6.45) is 3.65. The second kappa shape index (κ2) is 13.8. The quantitative estimate of drug-likeness (QED) is 0.429. The van der Waals surface area contributed by atoms with E-state index in [9.17, 15) is 14.4 Å². The van der Waals surface area contributed by atoms with Crippen molar-refractivity contribution in [3.63, 3.8) is 0 Å². The number of aromatic nitrogens is 2. The fourth-order valence-electron chi connectivity index (χ4n) is 4.59. The Bertz CT molecular complexity index is 1280. The number of benzene rings is 1. The van der Waals surface area contributed by atoms with Crippen molar-refractivity contribution in [2.45, 2.75) is 46.0 Å². The molecule has 0 radical (unpaired) electrons. The first-order valence-electron chi connectivity index (χ1n) is 13.4. The van der Waals surface area contributed by atoms with Gasteiger partial charge in [-0.25, -0.2) is 15.0 Å². The highest BCUT2D eigenvalue weighted by Crippen LogP contribution is 2.28. The highest BCUT2D eigenvalue weighted by Gasteiger charge is 2.26. The molecule has 0 unspecified atom stereocenters. The van der Waals surface area contributed by atoms with E-state index in [2.05, 4.69) is 25.7 Å². The highest BCUT2D eigenvalue weighted by atomic mass is 35.5. The first kappa shape index (κ1) is 29.5. The summed E-state index contributed by atoms with van der Waals surface area (Å²) in [4.78, 5) is 53.6. The summed E-state index contributed by atoms with van der Waals surface area (Å²) in [7, 11) is 0. The molecule has 2 saturated heterocycles. The average molecular weight is 590 g/mol. The van der Waals surface area contributed by atoms with Crippen molar-refractivity contribution in [1.29, 1.82) is 0 Å². The molecule has 0 atom stereocenters. The summed E-state index contributed by atoms with van der Waals surface area (Å²) in [5, 5.41) is 5.65. The zero-order chi connectivity index (χ0) is 28.6. The topological polar surface area (TPSA) is 123 Å². The number of amidine groups is 1. The number of aliphatic imine (C=N–C) groups is 1. The van der Waals surface area contributed by atoms with Crippen LogP contribution in [0.25, 0.3) is 0 Å². The van der Waals surface area contributed by atoms with Gasteiger partial charge in [0.1, 0.15) is 17.4 Å². The van der Waals surface area contributed by atoms with E-state index in [1.165, 1.54) is 6.92 Å². The normalized spacial score (nSPS) is 16.3. The zero-order valence-corrected chi connectivity index (χ0v) is 24.3. The van der Waals surface area contributed by atoms with Gasteiger partial charge in [0, 0.05) is 65.1 Å². The van der Waals surface area contributed by atoms with E-state index in [0.717, 1.165) is 24.9 Å². The molecule has 1 aromatic carbocycles. The summed E-state index contributed by atoms with van der Waals surface area (Å²) in [6, 6.07) is 7.01. The summed E-state index contributed by atoms with van der Waals surface area (Å²) in [5.74, 6) is 1.43. The number of aryl methyl sites for hydroxylation is 1. The maximum atomic E-state index is 13.2. The number of hydrogen-bond acceptors (Lipinski definition) is 7. The number of hydrogen-bond donors (Lipinski definition) is 2. The van der Waals surface area contributed by atoms with Gasteiger partial charge in [0.15, 0.2) is 5.82 Å². The number of carbonyl (C=O) groups excluding carboxylic acids is 3. The van der Waals surface area contributed by atoms with Gasteiger partial charge in [-0.2, -0.15) is 0 Å². The Labute approximate surface area is 243 Å². The number of carbonyl (C=O) groups is 3. The number of unbranched alkanes of at least 4 members (excludes halogenated alkanes) is 2. The van der Waals surface area contributed by atoms with Gasteiger partial charge in [-0.05, 0) is 38.0 Å². The third-order valence-electron chi connectivity index (χ3n) is 6.71. The third kappa shape index (κ3) is 8.04. The molecule has 4 rings (SSSR count). The van der Waals surface area contributed by atoms with Gasteiger partial charge in [0.05, 0.1) is 15.7 Å². The molecule has 2 aliphatic heterocycles. The standard InChI is InChI=1S/C27H34Cl2N8O3/c1-18-31-23(17-25(32-18)33-24-9-11-37(34-24)20-7-8-21(28)22(29)16-20)27(40)36-14-12-35(13-15-36)26(39)6-4-3-5-10-30-19(2)38/h7-8,16-17H,3-6,9-15H2,1-2H3,(H,30,38)(H,31,32,33,34). The largest absolute Gasteiger partial charge is 0.356 e. The van der Waals surface area contributed by atoms with E-state index in [4.69, 9.17) is 23.2 Å². The van der Waals surface area contributed by atoms with Crippen molar-refractivity contribution < 1.29 is 14.4 Å². The number of hydrazine groups is 1. The van der Waals surface area contributed by atoms with Crippen molar-refractivity contribution in [3.8, 4) is 0 Å². The van der Waals surface area contributed by atoms with Crippen molar-refractivity contribution in [2.24, 2.45) is 4.99 Å². The molecule has 40 heavy (non-hydrogen) atoms. The molecule has 3 heterocycles. The zero-order valence-electron chi connectivity index (χ0n) is 22.8. The minimum Gasteiger partial charge on any atom is -0.356 e. The van der Waals surface area contributed by atoms with Crippen LogP contribution in [0.1, 0.15) is 55.3 Å². The van der Waals surface area contributed by atoms with E-state index in [-0.39, 0.29) is 23.4 Å². The molecule has 2 aromatic rings. The first-order chi connectivity index (χ1) is 19.2. The minimum absolute atomic E-state index is 0.0383. The number of piperazine rings is 1. The average Bonchev–Trinajstić information content (AvgIpc) is 3.39. The predicted molar refractivity (Wildman–Crippen MR) is 155 cm³/mol. The summed E-state index contributed by atoms with van der Waals surface area (Å²) in [6.45, 7) is 6.42. The van der Waals surface area contributed by atoms with Crippen molar-refractivity contribution in [3.05, 3.63) is 45.8 Å². The smallest absolute Gasteiger partial charge is 0.272 e. The number of amides is 3. The van der Waals surface area contributed by atoms with Crippen LogP contribution in [0.3, 0.4) is 0 Å². The molecule has 0 aliphatic carbocycles. The molecular weight excluding hydrogens is 555 g/mol. The third-order valence-corrected chi connectivity index (χ3v) is 7.44. The fourth-order valence-corrected chi connectivity index (χ4v) is 4.88. The van der Waals surface area contributed by atoms with Crippen LogP contribution in [0.4, 0.5) is 11.5 Å². The van der Waals surface area contributed by atoms with Crippen LogP contribution in [-0.2, 0) is 9.59 Å². The molecule has 2 aliphatic rings. The van der Waals surface area contributed by atoms with Crippen LogP contribution in [0.2, 0.25) is 10.0 Å². The van der Waals surface area contributed by atoms with E-state index >= 15 is 0 Å². The van der Waals surface area contributed by atoms with E-state index in [1.807, 2.05) is 16.0 Å². The van der Waals surface area contributed by atoms with Crippen molar-refractivity contribution in [2.75, 3.05) is 44.3 Å². The Hall–Kier alpha value is -3.44. The van der Waals surface area contributed by atoms with Crippen LogP contribution in [0.15, 0.2) is 29.3 Å². The van der Waals surface area contributed by atoms with Crippen LogP contribution < -0.4 is 15.8 Å². The molecule has 0 saturated carbocycles. The predicted octanol–water partition coefficient (Wildman–Crippen LogP) is 3.52. The summed E-state index contributed by atoms with van der Waals surface area (Å²) < 4.78 is 0. The van der Waals surface area contributed by atoms with Gasteiger partial charge in [0.2, 0.25) is 11.8 Å². The maximum Gasteiger partial charge on any atom is 0.272 e. The Kier molecular flexibility index (Phi) is 10.2. The molecule has 0 spiro atoms. The van der Waals surface area contributed by atoms with Crippen molar-refractivity contribution >= 4 is 58.3 Å². The van der Waals surface area contributed by atoms with Crippen LogP contribution >= 0.6 is 23.2 Å². The van der Waals surface area contributed by atoms with Gasteiger partial charge in [-0.15, -0.1) is 0 Å². The molecule has 0 bridgehead atoms. The SMILES string of the molecule is CC(=O)NCCCCCC(=O)N1CCN(C(=O)c2cc(N=C3CCN(c4ccc(Cl)c(Cl)c4)N3)nc(C)n2)CC1. The Morgan fingerprint density at radius 1 is 0.975 bits per heavy atom. The molecule has 2 N–H and O–H groups in total. The number of rotatable bonds is 9. The lowest BCUT2D eigenvalue weighted by atomic mass is 10.1. The van der Waals surface area contributed by atoms with E-state index < -0.39 is 0 Å². The van der Waals surface area contributed by atoms with Crippen LogP contribution in [0, 0.1) is 6.92 Å². The maximum absolute atomic E-state index is 13.2. The van der Waals surface area contributed by atoms with Gasteiger partial charge < -0.3 is 15.1 Å². The first-order valence-corrected chi connectivity index (χ1v) is 14.2. The number of anilines is 1. The molecule has 1 aromatic heterocycles. The molecule has 3 amide bonds. The molecular formula is C27H34Cl2N8O3. The minimum atomic E-state index is -0.200. The van der Waals surface area contributed by atoms with Gasteiger partial charge in [0.25, 0.3) is 5.91 Å². The van der Waals surface area contributed by atoms with Crippen LogP contribution in [0.5, 0.6) is 0 Å². The summed E-state index contributed by atoms with van der Waals surface area (Å²) >= 11 is 12.2. The summed E-state index contributed by atoms with van der Waals surface area (Å²) in [5.41, 5.74) is 4.40. The number of halogens is 2.